The van der Waals surface area contributed by atoms with Crippen LogP contribution in [-0.2, 0) is 19.5 Å². The Kier molecular flexibility index (Phi) is 5.31. The van der Waals surface area contributed by atoms with Crippen LogP contribution in [-0.4, -0.2) is 11.1 Å². The Balaban J connectivity index is 1.49. The van der Waals surface area contributed by atoms with E-state index in [2.05, 4.69) is 58.5 Å². The molecule has 1 heterocycles. The smallest absolute Gasteiger partial charge is 0.128 e. The Labute approximate surface area is 159 Å². The second-order valence-electron chi connectivity index (χ2n) is 6.80. The zero-order chi connectivity index (χ0) is 18.5. The fourth-order valence-corrected chi connectivity index (χ4v) is 3.51. The van der Waals surface area contributed by atoms with Crippen LogP contribution in [0.5, 0.6) is 0 Å². The van der Waals surface area contributed by atoms with Gasteiger partial charge in [0.1, 0.15) is 5.82 Å². The van der Waals surface area contributed by atoms with Crippen molar-refractivity contribution in [2.24, 2.45) is 0 Å². The van der Waals surface area contributed by atoms with Crippen molar-refractivity contribution in [1.82, 2.24) is 9.88 Å². The molecule has 0 radical (unpaired) electrons. The summed E-state index contributed by atoms with van der Waals surface area (Å²) in [6, 6.07) is 25.8. The van der Waals surface area contributed by atoms with E-state index in [1.54, 1.807) is 6.07 Å². The molecular weight excluding hydrogens is 335 g/mol. The van der Waals surface area contributed by atoms with Crippen LogP contribution in [0.2, 0.25) is 0 Å². The molecule has 1 N–H and O–H groups in total. The third-order valence-corrected chi connectivity index (χ3v) is 4.92. The molecule has 4 aromatic rings. The first-order valence-electron chi connectivity index (χ1n) is 9.36. The summed E-state index contributed by atoms with van der Waals surface area (Å²) in [5, 5.41) is 4.77. The van der Waals surface area contributed by atoms with Crippen molar-refractivity contribution in [3.05, 3.63) is 108 Å². The van der Waals surface area contributed by atoms with E-state index in [4.69, 9.17) is 0 Å². The number of benzene rings is 3. The molecule has 0 aliphatic carbocycles. The largest absolute Gasteiger partial charge is 0.343 e. The van der Waals surface area contributed by atoms with Crippen LogP contribution >= 0.6 is 0 Å². The fraction of sp³-hybridized carbons (Fsp3) is 0.167. The van der Waals surface area contributed by atoms with Gasteiger partial charge in [-0.2, -0.15) is 0 Å². The van der Waals surface area contributed by atoms with E-state index in [0.717, 1.165) is 25.0 Å². The van der Waals surface area contributed by atoms with Gasteiger partial charge in [0, 0.05) is 29.2 Å². The number of rotatable bonds is 7. The molecule has 0 saturated carbocycles. The van der Waals surface area contributed by atoms with E-state index in [9.17, 15) is 4.39 Å². The van der Waals surface area contributed by atoms with Crippen LogP contribution in [0.3, 0.4) is 0 Å². The first-order chi connectivity index (χ1) is 13.3. The zero-order valence-corrected chi connectivity index (χ0v) is 15.2. The summed E-state index contributed by atoms with van der Waals surface area (Å²) in [4.78, 5) is 0. The Bertz CT molecular complexity index is 1020. The minimum Gasteiger partial charge on any atom is -0.343 e. The van der Waals surface area contributed by atoms with Crippen LogP contribution in [0.4, 0.5) is 4.39 Å². The number of aromatic nitrogens is 1. The maximum Gasteiger partial charge on any atom is 0.128 e. The maximum absolute atomic E-state index is 14.1. The van der Waals surface area contributed by atoms with E-state index in [1.807, 2.05) is 24.3 Å². The van der Waals surface area contributed by atoms with Gasteiger partial charge in [-0.3, -0.25) is 0 Å². The summed E-state index contributed by atoms with van der Waals surface area (Å²) < 4.78 is 16.2. The number of halogens is 1. The normalized spacial score (nSPS) is 11.1. The Morgan fingerprint density at radius 3 is 2.37 bits per heavy atom. The minimum absolute atomic E-state index is 0.155. The summed E-state index contributed by atoms with van der Waals surface area (Å²) in [6.07, 6.45) is 3.15. The van der Waals surface area contributed by atoms with Gasteiger partial charge in [-0.25, -0.2) is 4.39 Å². The molecule has 0 atom stereocenters. The molecule has 0 amide bonds. The van der Waals surface area contributed by atoms with Gasteiger partial charge in [0.2, 0.25) is 0 Å². The minimum atomic E-state index is -0.155. The molecular formula is C24H23FN2. The van der Waals surface area contributed by atoms with Crippen molar-refractivity contribution in [3.8, 4) is 0 Å². The highest BCUT2D eigenvalue weighted by Crippen LogP contribution is 2.23. The molecule has 0 aliphatic heterocycles. The maximum atomic E-state index is 14.1. The van der Waals surface area contributed by atoms with Gasteiger partial charge < -0.3 is 9.88 Å². The van der Waals surface area contributed by atoms with Crippen LogP contribution < -0.4 is 5.32 Å². The summed E-state index contributed by atoms with van der Waals surface area (Å²) in [6.45, 7) is 2.27. The lowest BCUT2D eigenvalue weighted by molar-refractivity contribution is 0.601. The van der Waals surface area contributed by atoms with Crippen LogP contribution in [0.15, 0.2) is 85.1 Å². The van der Waals surface area contributed by atoms with Gasteiger partial charge in [0.25, 0.3) is 0 Å². The fourth-order valence-electron chi connectivity index (χ4n) is 3.51. The molecule has 0 unspecified atom stereocenters. The highest BCUT2D eigenvalue weighted by molar-refractivity contribution is 5.84. The molecule has 1 aromatic heterocycles. The first-order valence-corrected chi connectivity index (χ1v) is 9.36. The average Bonchev–Trinajstić information content (AvgIpc) is 3.06. The van der Waals surface area contributed by atoms with E-state index in [-0.39, 0.29) is 5.82 Å². The summed E-state index contributed by atoms with van der Waals surface area (Å²) in [5.41, 5.74) is 4.43. The van der Waals surface area contributed by atoms with Crippen molar-refractivity contribution >= 4 is 10.9 Å². The predicted molar refractivity (Wildman–Crippen MR) is 109 cm³/mol. The average molecular weight is 358 g/mol. The van der Waals surface area contributed by atoms with E-state index < -0.39 is 0 Å². The second kappa shape index (κ2) is 8.19. The predicted octanol–water partition coefficient (Wildman–Crippen LogP) is 5.16. The molecule has 4 rings (SSSR count). The Morgan fingerprint density at radius 1 is 0.778 bits per heavy atom. The van der Waals surface area contributed by atoms with Crippen LogP contribution in [0.1, 0.15) is 16.7 Å². The Morgan fingerprint density at radius 2 is 1.52 bits per heavy atom. The second-order valence-corrected chi connectivity index (χ2v) is 6.80. The van der Waals surface area contributed by atoms with Crippen molar-refractivity contribution in [2.75, 3.05) is 6.54 Å². The number of fused-ring (bicyclic) bond motifs is 1. The molecule has 0 aliphatic rings. The third kappa shape index (κ3) is 4.09. The van der Waals surface area contributed by atoms with Gasteiger partial charge in [0.15, 0.2) is 0 Å². The third-order valence-electron chi connectivity index (χ3n) is 4.92. The van der Waals surface area contributed by atoms with Crippen molar-refractivity contribution in [3.63, 3.8) is 0 Å². The van der Waals surface area contributed by atoms with Gasteiger partial charge in [-0.15, -0.1) is 0 Å². The summed E-state index contributed by atoms with van der Waals surface area (Å²) >= 11 is 0. The molecule has 27 heavy (non-hydrogen) atoms. The number of hydrogen-bond acceptors (Lipinski definition) is 1. The molecule has 3 heteroatoms. The van der Waals surface area contributed by atoms with E-state index in [1.165, 1.54) is 22.6 Å². The van der Waals surface area contributed by atoms with Gasteiger partial charge >= 0.3 is 0 Å². The van der Waals surface area contributed by atoms with Gasteiger partial charge in [-0.1, -0.05) is 66.7 Å². The summed E-state index contributed by atoms with van der Waals surface area (Å²) in [5.74, 6) is -0.155. The lowest BCUT2D eigenvalue weighted by Crippen LogP contribution is -2.16. The molecule has 0 saturated heterocycles. The van der Waals surface area contributed by atoms with Crippen LogP contribution in [0.25, 0.3) is 10.9 Å². The highest BCUT2D eigenvalue weighted by Gasteiger charge is 2.10. The number of nitrogens with zero attached hydrogens (tertiary/aromatic N) is 1. The lowest BCUT2D eigenvalue weighted by atomic mass is 10.1. The topological polar surface area (TPSA) is 17.0 Å². The number of para-hydroxylation sites is 1. The highest BCUT2D eigenvalue weighted by atomic mass is 19.1. The van der Waals surface area contributed by atoms with Gasteiger partial charge in [-0.05, 0) is 36.2 Å². The molecule has 0 fully saturated rings. The number of nitrogens with one attached hydrogen (secondary N) is 1. The first kappa shape index (κ1) is 17.5. The van der Waals surface area contributed by atoms with E-state index in [0.29, 0.717) is 12.1 Å². The van der Waals surface area contributed by atoms with Crippen LogP contribution in [0, 0.1) is 5.82 Å². The molecule has 0 spiro atoms. The summed E-state index contributed by atoms with van der Waals surface area (Å²) in [7, 11) is 0. The van der Waals surface area contributed by atoms with Crippen molar-refractivity contribution in [2.45, 2.75) is 19.5 Å². The molecule has 0 bridgehead atoms. The SMILES string of the molecule is Fc1ccccc1Cn1cc(CNCCc2ccccc2)c2ccccc21. The monoisotopic (exact) mass is 358 g/mol. The van der Waals surface area contributed by atoms with E-state index >= 15 is 0 Å². The number of hydrogen-bond donors (Lipinski definition) is 1. The molecule has 3 aromatic carbocycles. The van der Waals surface area contributed by atoms with Gasteiger partial charge in [0.05, 0.1) is 6.54 Å². The van der Waals surface area contributed by atoms with Crippen molar-refractivity contribution in [1.29, 1.82) is 0 Å². The molecule has 136 valence electrons. The quantitative estimate of drug-likeness (QED) is 0.452. The Hall–Kier alpha value is -2.91. The standard InChI is InChI=1S/C24H23FN2/c25-23-12-6-4-10-20(23)17-27-18-21(22-11-5-7-13-24(22)27)16-26-15-14-19-8-2-1-3-9-19/h1-13,18,26H,14-17H2. The molecule has 2 nitrogen and oxygen atoms in total. The lowest BCUT2D eigenvalue weighted by Gasteiger charge is -2.06. The van der Waals surface area contributed by atoms with Crippen molar-refractivity contribution < 1.29 is 4.39 Å². The zero-order valence-electron chi connectivity index (χ0n) is 15.2.